The van der Waals surface area contributed by atoms with Gasteiger partial charge in [-0.05, 0) is 48.4 Å². The predicted octanol–water partition coefficient (Wildman–Crippen LogP) is 2.41. The number of benzene rings is 2. The fraction of sp³-hybridized carbons (Fsp3) is 0.158. The number of rotatable bonds is 4. The van der Waals surface area contributed by atoms with Gasteiger partial charge in [-0.1, -0.05) is 30.0 Å². The molecule has 0 spiro atoms. The zero-order valence-electron chi connectivity index (χ0n) is 14.6. The molecule has 1 aliphatic heterocycles. The summed E-state index contributed by atoms with van der Waals surface area (Å²) in [7, 11) is 0. The number of phenolic OH excluding ortho intramolecular Hbond substituents is 1. The quantitative estimate of drug-likeness (QED) is 0.365. The van der Waals surface area contributed by atoms with Gasteiger partial charge in [-0.15, -0.1) is 5.10 Å². The first-order valence-electron chi connectivity index (χ1n) is 8.20. The number of aromatic hydroxyl groups is 1. The Morgan fingerprint density at radius 3 is 2.63 bits per heavy atom. The maximum absolute atomic E-state index is 12.6. The zero-order chi connectivity index (χ0) is 19.4. The summed E-state index contributed by atoms with van der Waals surface area (Å²) in [6, 6.07) is 13.7. The van der Waals surface area contributed by atoms with Crippen LogP contribution >= 0.6 is 11.8 Å². The number of hydrogen-bond acceptors (Lipinski definition) is 6. The van der Waals surface area contributed by atoms with Gasteiger partial charge >= 0.3 is 0 Å². The van der Waals surface area contributed by atoms with Crippen LogP contribution < -0.4 is 10.6 Å². The van der Waals surface area contributed by atoms with Crippen LogP contribution in [0, 0.1) is 6.92 Å². The minimum Gasteiger partial charge on any atom is -0.508 e. The second kappa shape index (κ2) is 8.05. The van der Waals surface area contributed by atoms with Crippen LogP contribution in [0.1, 0.15) is 17.5 Å². The van der Waals surface area contributed by atoms with E-state index in [4.69, 9.17) is 5.73 Å². The summed E-state index contributed by atoms with van der Waals surface area (Å²) in [6.45, 7) is 1.85. The van der Waals surface area contributed by atoms with Crippen molar-refractivity contribution in [2.75, 3.05) is 4.90 Å². The smallest absolute Gasteiger partial charge is 0.247 e. The Morgan fingerprint density at radius 2 is 1.93 bits per heavy atom. The van der Waals surface area contributed by atoms with Crippen LogP contribution in [0.2, 0.25) is 0 Å². The monoisotopic (exact) mass is 382 g/mol. The van der Waals surface area contributed by atoms with Gasteiger partial charge in [0.2, 0.25) is 11.8 Å². The number of carbonyl (C=O) groups excluding carboxylic acids is 2. The van der Waals surface area contributed by atoms with Gasteiger partial charge in [-0.3, -0.25) is 9.59 Å². The van der Waals surface area contributed by atoms with E-state index in [2.05, 4.69) is 10.2 Å². The molecular weight excluding hydrogens is 364 g/mol. The van der Waals surface area contributed by atoms with E-state index in [0.29, 0.717) is 5.69 Å². The number of thioether (sulfide) groups is 1. The summed E-state index contributed by atoms with van der Waals surface area (Å²) in [4.78, 5) is 26.2. The number of anilines is 1. The van der Waals surface area contributed by atoms with Crippen molar-refractivity contribution in [3.8, 4) is 5.75 Å². The molecule has 8 heteroatoms. The summed E-state index contributed by atoms with van der Waals surface area (Å²) < 4.78 is 0. The van der Waals surface area contributed by atoms with E-state index in [1.54, 1.807) is 24.3 Å². The Labute approximate surface area is 160 Å². The maximum atomic E-state index is 12.6. The van der Waals surface area contributed by atoms with Crippen LogP contribution in [0.3, 0.4) is 0 Å². The molecule has 1 aliphatic rings. The molecule has 1 atom stereocenters. The molecule has 0 saturated carbocycles. The molecule has 3 rings (SSSR count). The molecule has 0 radical (unpaired) electrons. The first-order chi connectivity index (χ1) is 13.0. The third-order valence-corrected chi connectivity index (χ3v) is 4.96. The first-order valence-corrected chi connectivity index (χ1v) is 9.08. The molecule has 2 amide bonds. The first kappa shape index (κ1) is 18.7. The molecule has 1 heterocycles. The van der Waals surface area contributed by atoms with Crippen molar-refractivity contribution in [1.82, 2.24) is 0 Å². The molecule has 3 N–H and O–H groups in total. The van der Waals surface area contributed by atoms with E-state index in [9.17, 15) is 14.7 Å². The molecule has 1 fully saturated rings. The average molecular weight is 382 g/mol. The predicted molar refractivity (Wildman–Crippen MR) is 107 cm³/mol. The van der Waals surface area contributed by atoms with E-state index in [-0.39, 0.29) is 29.2 Å². The third-order valence-electron chi connectivity index (χ3n) is 3.98. The molecule has 0 aromatic heterocycles. The Hall–Kier alpha value is -3.13. The molecular formula is C19H18N4O3S. The standard InChI is InChI=1S/C19H18N4O3S/c1-12-4-2-3-5-15(12)23-17(25)10-16(18(23)26)27-19(20)22-21-11-13-6-8-14(24)9-7-13/h2-9,11,16,24H,10H2,1H3,(H2,20,22)/b21-11+/t16-/m0/s1. The van der Waals surface area contributed by atoms with Crippen LogP contribution in [-0.2, 0) is 9.59 Å². The van der Waals surface area contributed by atoms with Gasteiger partial charge in [0.05, 0.1) is 11.9 Å². The van der Waals surface area contributed by atoms with Crippen LogP contribution in [0.15, 0.2) is 58.7 Å². The lowest BCUT2D eigenvalue weighted by Gasteiger charge is -2.16. The van der Waals surface area contributed by atoms with Crippen LogP contribution in [0.4, 0.5) is 5.69 Å². The van der Waals surface area contributed by atoms with E-state index in [1.807, 2.05) is 19.1 Å². The zero-order valence-corrected chi connectivity index (χ0v) is 15.4. The minimum atomic E-state index is -0.621. The summed E-state index contributed by atoms with van der Waals surface area (Å²) in [5.74, 6) is -0.402. The number of phenols is 1. The van der Waals surface area contributed by atoms with E-state index >= 15 is 0 Å². The fourth-order valence-electron chi connectivity index (χ4n) is 2.65. The van der Waals surface area contributed by atoms with E-state index in [1.165, 1.54) is 23.2 Å². The van der Waals surface area contributed by atoms with Crippen molar-refractivity contribution in [1.29, 1.82) is 0 Å². The van der Waals surface area contributed by atoms with E-state index in [0.717, 1.165) is 22.9 Å². The number of hydrogen-bond donors (Lipinski definition) is 2. The summed E-state index contributed by atoms with van der Waals surface area (Å²) in [5.41, 5.74) is 8.03. The molecule has 0 unspecified atom stereocenters. The van der Waals surface area contributed by atoms with Crippen LogP contribution in [0.25, 0.3) is 0 Å². The number of amidine groups is 1. The SMILES string of the molecule is Cc1ccccc1N1C(=O)C[C@H](SC(N)=N/N=C/c2ccc(O)cc2)C1=O. The average Bonchev–Trinajstić information content (AvgIpc) is 2.91. The Bertz CT molecular complexity index is 925. The highest BCUT2D eigenvalue weighted by Crippen LogP contribution is 2.31. The largest absolute Gasteiger partial charge is 0.508 e. The molecule has 7 nitrogen and oxygen atoms in total. The lowest BCUT2D eigenvalue weighted by atomic mass is 10.2. The van der Waals surface area contributed by atoms with Gasteiger partial charge < -0.3 is 10.8 Å². The normalized spacial score (nSPS) is 17.9. The number of aryl methyl sites for hydroxylation is 1. The summed E-state index contributed by atoms with van der Waals surface area (Å²) in [6.07, 6.45) is 1.55. The Kier molecular flexibility index (Phi) is 5.56. The summed E-state index contributed by atoms with van der Waals surface area (Å²) >= 11 is 1.02. The number of amides is 2. The number of carbonyl (C=O) groups is 2. The number of para-hydroxylation sites is 1. The molecule has 27 heavy (non-hydrogen) atoms. The van der Waals surface area contributed by atoms with Gasteiger partial charge in [0, 0.05) is 6.42 Å². The lowest BCUT2D eigenvalue weighted by Crippen LogP contribution is -2.32. The number of nitrogens with zero attached hydrogens (tertiary/aromatic N) is 3. The lowest BCUT2D eigenvalue weighted by molar-refractivity contribution is -0.121. The van der Waals surface area contributed by atoms with Crippen molar-refractivity contribution in [2.45, 2.75) is 18.6 Å². The molecule has 2 aromatic carbocycles. The summed E-state index contributed by atoms with van der Waals surface area (Å²) in [5, 5.41) is 16.5. The molecule has 1 saturated heterocycles. The topological polar surface area (TPSA) is 108 Å². The Morgan fingerprint density at radius 1 is 1.22 bits per heavy atom. The van der Waals surface area contributed by atoms with E-state index < -0.39 is 5.25 Å². The minimum absolute atomic E-state index is 0.0652. The highest BCUT2D eigenvalue weighted by atomic mass is 32.2. The van der Waals surface area contributed by atoms with Crippen LogP contribution in [-0.4, -0.2) is 33.6 Å². The van der Waals surface area contributed by atoms with Crippen molar-refractivity contribution in [3.05, 3.63) is 59.7 Å². The number of imide groups is 1. The van der Waals surface area contributed by atoms with Gasteiger partial charge in [0.25, 0.3) is 0 Å². The van der Waals surface area contributed by atoms with Gasteiger partial charge in [-0.2, -0.15) is 5.10 Å². The van der Waals surface area contributed by atoms with Crippen molar-refractivity contribution in [2.24, 2.45) is 15.9 Å². The van der Waals surface area contributed by atoms with Crippen molar-refractivity contribution < 1.29 is 14.7 Å². The second-order valence-electron chi connectivity index (χ2n) is 5.94. The third kappa shape index (κ3) is 4.35. The van der Waals surface area contributed by atoms with Gasteiger partial charge in [0.1, 0.15) is 11.0 Å². The Balaban J connectivity index is 1.67. The molecule has 0 bridgehead atoms. The molecule has 2 aromatic rings. The highest BCUT2D eigenvalue weighted by molar-refractivity contribution is 8.14. The molecule has 0 aliphatic carbocycles. The van der Waals surface area contributed by atoms with Crippen molar-refractivity contribution in [3.63, 3.8) is 0 Å². The maximum Gasteiger partial charge on any atom is 0.247 e. The van der Waals surface area contributed by atoms with Crippen molar-refractivity contribution >= 4 is 40.6 Å². The fourth-order valence-corrected chi connectivity index (χ4v) is 3.46. The van der Waals surface area contributed by atoms with Gasteiger partial charge in [-0.25, -0.2) is 4.90 Å². The number of nitrogens with two attached hydrogens (primary N) is 1. The van der Waals surface area contributed by atoms with Gasteiger partial charge in [0.15, 0.2) is 5.17 Å². The van der Waals surface area contributed by atoms with Crippen LogP contribution in [0.5, 0.6) is 5.75 Å². The second-order valence-corrected chi connectivity index (χ2v) is 7.16. The highest BCUT2D eigenvalue weighted by Gasteiger charge is 2.41. The molecule has 138 valence electrons.